The van der Waals surface area contributed by atoms with Crippen LogP contribution in [0.15, 0.2) is 40.9 Å². The minimum atomic E-state index is 0.228. The van der Waals surface area contributed by atoms with Crippen molar-refractivity contribution in [2.75, 3.05) is 18.7 Å². The Kier molecular flexibility index (Phi) is 3.15. The Morgan fingerprint density at radius 2 is 1.81 bits per heavy atom. The molecule has 0 fully saturated rings. The Hall–Kier alpha value is -1.88. The quantitative estimate of drug-likeness (QED) is 0.887. The standard InChI is InChI=1S/C16H14BrNO3/c17-10-1-3-14-12(7-10)13(5-6-19-14)18-11-2-4-15-16(8-11)21-9-20-15/h1-4,7-8,13,18H,5-6,9H2. The van der Waals surface area contributed by atoms with E-state index in [0.29, 0.717) is 6.79 Å². The molecule has 0 amide bonds. The van der Waals surface area contributed by atoms with Gasteiger partial charge in [-0.3, -0.25) is 0 Å². The summed E-state index contributed by atoms with van der Waals surface area (Å²) in [4.78, 5) is 0. The van der Waals surface area contributed by atoms with Crippen LogP contribution in [0.4, 0.5) is 5.69 Å². The molecule has 5 heteroatoms. The van der Waals surface area contributed by atoms with E-state index in [9.17, 15) is 0 Å². The lowest BCUT2D eigenvalue weighted by atomic mass is 10.0. The third kappa shape index (κ3) is 2.42. The molecule has 2 aliphatic rings. The monoisotopic (exact) mass is 347 g/mol. The van der Waals surface area contributed by atoms with Gasteiger partial charge in [0.2, 0.25) is 6.79 Å². The Labute approximate surface area is 131 Å². The zero-order valence-electron chi connectivity index (χ0n) is 11.3. The fourth-order valence-corrected chi connectivity index (χ4v) is 3.08. The second kappa shape index (κ2) is 5.15. The molecule has 0 spiro atoms. The van der Waals surface area contributed by atoms with Crippen molar-refractivity contribution in [3.8, 4) is 17.2 Å². The van der Waals surface area contributed by atoms with Gasteiger partial charge in [-0.2, -0.15) is 0 Å². The van der Waals surface area contributed by atoms with Gasteiger partial charge in [0.15, 0.2) is 11.5 Å². The minimum absolute atomic E-state index is 0.228. The summed E-state index contributed by atoms with van der Waals surface area (Å²) in [7, 11) is 0. The van der Waals surface area contributed by atoms with Crippen LogP contribution in [-0.2, 0) is 0 Å². The van der Waals surface area contributed by atoms with E-state index in [1.54, 1.807) is 0 Å². The molecular formula is C16H14BrNO3. The number of nitrogens with one attached hydrogen (secondary N) is 1. The van der Waals surface area contributed by atoms with Gasteiger partial charge in [-0.15, -0.1) is 0 Å². The Bertz CT molecular complexity index is 689. The SMILES string of the molecule is Brc1ccc2c(c1)C(Nc1ccc3c(c1)OCO3)CCO2. The summed E-state index contributed by atoms with van der Waals surface area (Å²) in [5.41, 5.74) is 2.20. The summed E-state index contributed by atoms with van der Waals surface area (Å²) < 4.78 is 17.5. The molecule has 0 radical (unpaired) electrons. The number of halogens is 1. The maximum absolute atomic E-state index is 5.71. The van der Waals surface area contributed by atoms with E-state index in [0.717, 1.165) is 40.4 Å². The van der Waals surface area contributed by atoms with Crippen molar-refractivity contribution in [2.24, 2.45) is 0 Å². The highest BCUT2D eigenvalue weighted by molar-refractivity contribution is 9.10. The average molecular weight is 348 g/mol. The van der Waals surface area contributed by atoms with E-state index in [2.05, 4.69) is 27.3 Å². The second-order valence-electron chi connectivity index (χ2n) is 5.08. The fourth-order valence-electron chi connectivity index (χ4n) is 2.70. The van der Waals surface area contributed by atoms with Gasteiger partial charge in [0.25, 0.3) is 0 Å². The van der Waals surface area contributed by atoms with E-state index in [-0.39, 0.29) is 6.04 Å². The highest BCUT2D eigenvalue weighted by Gasteiger charge is 2.22. The molecule has 2 aromatic carbocycles. The molecule has 4 rings (SSSR count). The van der Waals surface area contributed by atoms with Crippen LogP contribution in [0.3, 0.4) is 0 Å². The summed E-state index contributed by atoms with van der Waals surface area (Å²) in [6, 6.07) is 12.3. The maximum atomic E-state index is 5.71. The first-order chi connectivity index (χ1) is 10.3. The minimum Gasteiger partial charge on any atom is -0.493 e. The Morgan fingerprint density at radius 3 is 2.76 bits per heavy atom. The van der Waals surface area contributed by atoms with Crippen molar-refractivity contribution >= 4 is 21.6 Å². The van der Waals surface area contributed by atoms with Gasteiger partial charge in [-0.1, -0.05) is 15.9 Å². The highest BCUT2D eigenvalue weighted by atomic mass is 79.9. The van der Waals surface area contributed by atoms with Crippen molar-refractivity contribution in [3.05, 3.63) is 46.4 Å². The molecule has 21 heavy (non-hydrogen) atoms. The Balaban J connectivity index is 1.62. The van der Waals surface area contributed by atoms with Crippen LogP contribution in [-0.4, -0.2) is 13.4 Å². The molecule has 2 aromatic rings. The van der Waals surface area contributed by atoms with Crippen molar-refractivity contribution < 1.29 is 14.2 Å². The molecule has 2 heterocycles. The largest absolute Gasteiger partial charge is 0.493 e. The smallest absolute Gasteiger partial charge is 0.231 e. The van der Waals surface area contributed by atoms with E-state index in [4.69, 9.17) is 14.2 Å². The zero-order valence-corrected chi connectivity index (χ0v) is 12.9. The summed E-state index contributed by atoms with van der Waals surface area (Å²) in [5.74, 6) is 2.54. The normalized spacial score (nSPS) is 18.8. The highest BCUT2D eigenvalue weighted by Crippen LogP contribution is 2.39. The van der Waals surface area contributed by atoms with Crippen molar-refractivity contribution in [1.82, 2.24) is 0 Å². The third-order valence-corrected chi connectivity index (χ3v) is 4.22. The van der Waals surface area contributed by atoms with Crippen LogP contribution in [0.25, 0.3) is 0 Å². The van der Waals surface area contributed by atoms with Gasteiger partial charge < -0.3 is 19.5 Å². The lowest BCUT2D eigenvalue weighted by Gasteiger charge is -2.27. The van der Waals surface area contributed by atoms with Crippen molar-refractivity contribution in [2.45, 2.75) is 12.5 Å². The molecule has 0 aliphatic carbocycles. The first kappa shape index (κ1) is 12.8. The molecule has 4 nitrogen and oxygen atoms in total. The molecule has 0 bridgehead atoms. The summed E-state index contributed by atoms with van der Waals surface area (Å²) in [5, 5.41) is 3.56. The Morgan fingerprint density at radius 1 is 0.952 bits per heavy atom. The van der Waals surface area contributed by atoms with E-state index in [1.165, 1.54) is 5.56 Å². The van der Waals surface area contributed by atoms with Crippen LogP contribution >= 0.6 is 15.9 Å². The summed E-state index contributed by atoms with van der Waals surface area (Å²) >= 11 is 3.52. The summed E-state index contributed by atoms with van der Waals surface area (Å²) in [6.07, 6.45) is 0.928. The number of ether oxygens (including phenoxy) is 3. The maximum Gasteiger partial charge on any atom is 0.231 e. The summed E-state index contributed by atoms with van der Waals surface area (Å²) in [6.45, 7) is 1.02. The van der Waals surface area contributed by atoms with Crippen LogP contribution < -0.4 is 19.5 Å². The molecule has 2 aliphatic heterocycles. The average Bonchev–Trinajstić information content (AvgIpc) is 2.95. The van der Waals surface area contributed by atoms with Crippen LogP contribution in [0.5, 0.6) is 17.2 Å². The number of rotatable bonds is 2. The van der Waals surface area contributed by atoms with Crippen LogP contribution in [0, 0.1) is 0 Å². The molecule has 0 aromatic heterocycles. The van der Waals surface area contributed by atoms with Crippen molar-refractivity contribution in [1.29, 1.82) is 0 Å². The first-order valence-corrected chi connectivity index (χ1v) is 7.67. The number of fused-ring (bicyclic) bond motifs is 2. The van der Waals surface area contributed by atoms with E-state index >= 15 is 0 Å². The van der Waals surface area contributed by atoms with E-state index < -0.39 is 0 Å². The van der Waals surface area contributed by atoms with Crippen molar-refractivity contribution in [3.63, 3.8) is 0 Å². The van der Waals surface area contributed by atoms with E-state index in [1.807, 2.05) is 30.3 Å². The lowest BCUT2D eigenvalue weighted by Crippen LogP contribution is -2.20. The molecule has 1 N–H and O–H groups in total. The number of hydrogen-bond acceptors (Lipinski definition) is 4. The molecule has 1 unspecified atom stereocenters. The zero-order chi connectivity index (χ0) is 14.2. The number of benzene rings is 2. The molecular weight excluding hydrogens is 334 g/mol. The number of hydrogen-bond donors (Lipinski definition) is 1. The predicted octanol–water partition coefficient (Wildman–Crippen LogP) is 4.11. The number of anilines is 1. The van der Waals surface area contributed by atoms with Crippen LogP contribution in [0.2, 0.25) is 0 Å². The topological polar surface area (TPSA) is 39.7 Å². The predicted molar refractivity (Wildman–Crippen MR) is 83.2 cm³/mol. The second-order valence-corrected chi connectivity index (χ2v) is 6.00. The van der Waals surface area contributed by atoms with Gasteiger partial charge in [-0.05, 0) is 30.3 Å². The van der Waals surface area contributed by atoms with Gasteiger partial charge in [0.05, 0.1) is 12.6 Å². The van der Waals surface area contributed by atoms with Gasteiger partial charge in [0.1, 0.15) is 5.75 Å². The van der Waals surface area contributed by atoms with Gasteiger partial charge >= 0.3 is 0 Å². The molecule has 1 atom stereocenters. The van der Waals surface area contributed by atoms with Gasteiger partial charge in [-0.25, -0.2) is 0 Å². The molecule has 0 saturated carbocycles. The molecule has 0 saturated heterocycles. The third-order valence-electron chi connectivity index (χ3n) is 3.72. The molecule has 108 valence electrons. The first-order valence-electron chi connectivity index (χ1n) is 6.88. The fraction of sp³-hybridized carbons (Fsp3) is 0.250. The van der Waals surface area contributed by atoms with Gasteiger partial charge in [0, 0.05) is 28.2 Å². The van der Waals surface area contributed by atoms with Crippen LogP contribution in [0.1, 0.15) is 18.0 Å². The lowest BCUT2D eigenvalue weighted by molar-refractivity contribution is 0.174.